The summed E-state index contributed by atoms with van der Waals surface area (Å²) in [6.07, 6.45) is 5.15. The third-order valence-corrected chi connectivity index (χ3v) is 4.51. The normalized spacial score (nSPS) is 16.1. The smallest absolute Gasteiger partial charge is 0.0493 e. The number of nitrogens with one attached hydrogen (secondary N) is 1. The Balaban J connectivity index is 1.84. The molecule has 1 nitrogen and oxygen atoms in total. The number of aryl methyl sites for hydroxylation is 1. The second-order valence-electron chi connectivity index (χ2n) is 5.07. The maximum Gasteiger partial charge on any atom is 0.0493 e. The SMILES string of the molecule is CC(Nc1cccc2c1CCCC2)c1ccsc1. The number of benzene rings is 1. The van der Waals surface area contributed by atoms with Crippen molar-refractivity contribution in [2.45, 2.75) is 38.6 Å². The van der Waals surface area contributed by atoms with E-state index in [4.69, 9.17) is 0 Å². The maximum absolute atomic E-state index is 3.68. The summed E-state index contributed by atoms with van der Waals surface area (Å²) in [6.45, 7) is 2.24. The minimum Gasteiger partial charge on any atom is -0.378 e. The van der Waals surface area contributed by atoms with Crippen LogP contribution in [0.15, 0.2) is 35.0 Å². The first-order chi connectivity index (χ1) is 8.84. The molecule has 1 aromatic heterocycles. The topological polar surface area (TPSA) is 12.0 Å². The lowest BCUT2D eigenvalue weighted by Crippen LogP contribution is -2.11. The zero-order chi connectivity index (χ0) is 12.4. The molecule has 1 aliphatic rings. The van der Waals surface area contributed by atoms with Gasteiger partial charge in [-0.2, -0.15) is 11.3 Å². The summed E-state index contributed by atoms with van der Waals surface area (Å²) in [4.78, 5) is 0. The van der Waals surface area contributed by atoms with Crippen molar-refractivity contribution in [2.75, 3.05) is 5.32 Å². The van der Waals surface area contributed by atoms with Crippen molar-refractivity contribution in [2.24, 2.45) is 0 Å². The third kappa shape index (κ3) is 2.30. The van der Waals surface area contributed by atoms with E-state index in [2.05, 4.69) is 47.3 Å². The van der Waals surface area contributed by atoms with Crippen molar-refractivity contribution in [1.29, 1.82) is 0 Å². The fourth-order valence-corrected chi connectivity index (χ4v) is 3.51. The minimum absolute atomic E-state index is 0.393. The van der Waals surface area contributed by atoms with Crippen molar-refractivity contribution in [3.8, 4) is 0 Å². The van der Waals surface area contributed by atoms with Gasteiger partial charge in [-0.3, -0.25) is 0 Å². The van der Waals surface area contributed by atoms with Gasteiger partial charge in [0.2, 0.25) is 0 Å². The highest BCUT2D eigenvalue weighted by atomic mass is 32.1. The van der Waals surface area contributed by atoms with E-state index in [1.165, 1.54) is 36.9 Å². The molecule has 2 heteroatoms. The van der Waals surface area contributed by atoms with E-state index < -0.39 is 0 Å². The molecular formula is C16H19NS. The fraction of sp³-hybridized carbons (Fsp3) is 0.375. The number of anilines is 1. The van der Waals surface area contributed by atoms with Crippen LogP contribution >= 0.6 is 11.3 Å². The number of fused-ring (bicyclic) bond motifs is 1. The molecular weight excluding hydrogens is 238 g/mol. The van der Waals surface area contributed by atoms with E-state index >= 15 is 0 Å². The van der Waals surface area contributed by atoms with Gasteiger partial charge in [0.15, 0.2) is 0 Å². The van der Waals surface area contributed by atoms with Crippen LogP contribution in [-0.2, 0) is 12.8 Å². The first-order valence-corrected chi connectivity index (χ1v) is 7.68. The Kier molecular flexibility index (Phi) is 3.37. The molecule has 1 unspecified atom stereocenters. The lowest BCUT2D eigenvalue weighted by Gasteiger charge is -2.22. The van der Waals surface area contributed by atoms with Crippen molar-refractivity contribution >= 4 is 17.0 Å². The van der Waals surface area contributed by atoms with Gasteiger partial charge in [0.1, 0.15) is 0 Å². The Bertz CT molecular complexity index is 516. The van der Waals surface area contributed by atoms with E-state index in [0.717, 1.165) is 0 Å². The van der Waals surface area contributed by atoms with Crippen molar-refractivity contribution < 1.29 is 0 Å². The number of hydrogen-bond donors (Lipinski definition) is 1. The average molecular weight is 257 g/mol. The van der Waals surface area contributed by atoms with Crippen LogP contribution in [0.1, 0.15) is 42.5 Å². The first-order valence-electron chi connectivity index (χ1n) is 6.74. The molecule has 0 saturated carbocycles. The molecule has 0 bridgehead atoms. The van der Waals surface area contributed by atoms with Gasteiger partial charge in [0, 0.05) is 11.7 Å². The van der Waals surface area contributed by atoms with Crippen LogP contribution in [0.4, 0.5) is 5.69 Å². The quantitative estimate of drug-likeness (QED) is 0.832. The van der Waals surface area contributed by atoms with Crippen LogP contribution in [0, 0.1) is 0 Å². The maximum atomic E-state index is 3.68. The second kappa shape index (κ2) is 5.15. The molecule has 0 fully saturated rings. The van der Waals surface area contributed by atoms with Crippen LogP contribution < -0.4 is 5.32 Å². The lowest BCUT2D eigenvalue weighted by atomic mass is 9.90. The second-order valence-corrected chi connectivity index (χ2v) is 5.85. The number of hydrogen-bond acceptors (Lipinski definition) is 2. The van der Waals surface area contributed by atoms with E-state index in [0.29, 0.717) is 6.04 Å². The van der Waals surface area contributed by atoms with Gasteiger partial charge in [0.05, 0.1) is 0 Å². The average Bonchev–Trinajstić information content (AvgIpc) is 2.93. The van der Waals surface area contributed by atoms with E-state index in [1.807, 2.05) is 0 Å². The molecule has 0 amide bonds. The van der Waals surface area contributed by atoms with Crippen LogP contribution in [0.3, 0.4) is 0 Å². The molecule has 0 saturated heterocycles. The Hall–Kier alpha value is -1.28. The molecule has 1 aliphatic carbocycles. The summed E-state index contributed by atoms with van der Waals surface area (Å²) in [5.74, 6) is 0. The molecule has 18 heavy (non-hydrogen) atoms. The number of rotatable bonds is 3. The zero-order valence-electron chi connectivity index (χ0n) is 10.8. The summed E-state index contributed by atoms with van der Waals surface area (Å²) in [5, 5.41) is 8.06. The highest BCUT2D eigenvalue weighted by Gasteiger charge is 2.14. The highest BCUT2D eigenvalue weighted by molar-refractivity contribution is 7.07. The van der Waals surface area contributed by atoms with Crippen LogP contribution in [0.5, 0.6) is 0 Å². The van der Waals surface area contributed by atoms with Crippen LogP contribution in [0.25, 0.3) is 0 Å². The molecule has 3 rings (SSSR count). The Morgan fingerprint density at radius 1 is 1.17 bits per heavy atom. The Morgan fingerprint density at radius 2 is 2.06 bits per heavy atom. The summed E-state index contributed by atoms with van der Waals surface area (Å²) < 4.78 is 0. The van der Waals surface area contributed by atoms with Gasteiger partial charge in [-0.05, 0) is 72.2 Å². The third-order valence-electron chi connectivity index (χ3n) is 3.81. The van der Waals surface area contributed by atoms with Gasteiger partial charge in [-0.1, -0.05) is 12.1 Å². The molecule has 1 N–H and O–H groups in total. The first kappa shape index (κ1) is 11.8. The predicted molar refractivity (Wildman–Crippen MR) is 79.4 cm³/mol. The Labute approximate surface area is 113 Å². The van der Waals surface area contributed by atoms with Gasteiger partial charge in [-0.25, -0.2) is 0 Å². The summed E-state index contributed by atoms with van der Waals surface area (Å²) in [6, 6.07) is 9.30. The molecule has 1 atom stereocenters. The molecule has 1 aromatic carbocycles. The lowest BCUT2D eigenvalue weighted by molar-refractivity contribution is 0.685. The van der Waals surface area contributed by atoms with Gasteiger partial charge in [0.25, 0.3) is 0 Å². The molecule has 0 spiro atoms. The van der Waals surface area contributed by atoms with E-state index in [1.54, 1.807) is 22.5 Å². The van der Waals surface area contributed by atoms with Gasteiger partial charge >= 0.3 is 0 Å². The standard InChI is InChI=1S/C16H19NS/c1-12(14-9-10-18-11-14)17-16-8-4-6-13-5-2-3-7-15(13)16/h4,6,8-12,17H,2-3,5,7H2,1H3. The molecule has 0 radical (unpaired) electrons. The summed E-state index contributed by atoms with van der Waals surface area (Å²) >= 11 is 1.77. The Morgan fingerprint density at radius 3 is 2.89 bits per heavy atom. The predicted octanol–water partition coefficient (Wildman–Crippen LogP) is 4.80. The van der Waals surface area contributed by atoms with E-state index in [9.17, 15) is 0 Å². The fourth-order valence-electron chi connectivity index (χ4n) is 2.75. The molecule has 0 aliphatic heterocycles. The monoisotopic (exact) mass is 257 g/mol. The van der Waals surface area contributed by atoms with Gasteiger partial charge < -0.3 is 5.32 Å². The summed E-state index contributed by atoms with van der Waals surface area (Å²) in [7, 11) is 0. The van der Waals surface area contributed by atoms with Crippen molar-refractivity contribution in [1.82, 2.24) is 0 Å². The van der Waals surface area contributed by atoms with Crippen LogP contribution in [-0.4, -0.2) is 0 Å². The van der Waals surface area contributed by atoms with Crippen LogP contribution in [0.2, 0.25) is 0 Å². The largest absolute Gasteiger partial charge is 0.378 e. The van der Waals surface area contributed by atoms with Gasteiger partial charge in [-0.15, -0.1) is 0 Å². The molecule has 1 heterocycles. The zero-order valence-corrected chi connectivity index (χ0v) is 11.6. The minimum atomic E-state index is 0.393. The number of thiophene rings is 1. The van der Waals surface area contributed by atoms with Crippen molar-refractivity contribution in [3.63, 3.8) is 0 Å². The van der Waals surface area contributed by atoms with Crippen molar-refractivity contribution in [3.05, 3.63) is 51.7 Å². The molecule has 94 valence electrons. The molecule has 2 aromatic rings. The summed E-state index contributed by atoms with van der Waals surface area (Å²) in [5.41, 5.74) is 5.81. The highest BCUT2D eigenvalue weighted by Crippen LogP contribution is 2.30. The van der Waals surface area contributed by atoms with E-state index in [-0.39, 0.29) is 0 Å².